The average Bonchev–Trinajstić information content (AvgIpc) is 2.75. The monoisotopic (exact) mass is 522 g/mol. The Balaban J connectivity index is 1.90. The Morgan fingerprint density at radius 2 is 1.71 bits per heavy atom. The van der Waals surface area contributed by atoms with Crippen molar-refractivity contribution < 1.29 is 23.1 Å². The molecule has 7 nitrogen and oxygen atoms in total. The van der Waals surface area contributed by atoms with Gasteiger partial charge >= 0.3 is 5.97 Å². The van der Waals surface area contributed by atoms with E-state index in [0.29, 0.717) is 15.2 Å². The molecule has 0 fully saturated rings. The molecule has 0 saturated heterocycles. The molecule has 2 N–H and O–H groups in total. The lowest BCUT2D eigenvalue weighted by Crippen LogP contribution is -2.26. The Morgan fingerprint density at radius 1 is 1.03 bits per heavy atom. The van der Waals surface area contributed by atoms with Gasteiger partial charge in [0.05, 0.1) is 21.8 Å². The minimum atomic E-state index is -3.95. The second-order valence-corrected chi connectivity index (χ2v) is 9.75. The van der Waals surface area contributed by atoms with E-state index in [9.17, 15) is 23.1 Å². The number of carboxylic acids is 1. The van der Waals surface area contributed by atoms with Gasteiger partial charge in [-0.05, 0) is 60.7 Å². The van der Waals surface area contributed by atoms with Crippen LogP contribution >= 0.6 is 27.5 Å². The van der Waals surface area contributed by atoms with Crippen LogP contribution in [0.2, 0.25) is 5.02 Å². The summed E-state index contributed by atoms with van der Waals surface area (Å²) in [6.45, 7) is 0. The number of carboxylic acid groups (broad SMARTS) is 1. The van der Waals surface area contributed by atoms with Crippen molar-refractivity contribution in [1.29, 1.82) is 0 Å². The highest BCUT2D eigenvalue weighted by atomic mass is 79.9. The van der Waals surface area contributed by atoms with Crippen LogP contribution in [0, 0.1) is 0 Å². The molecule has 0 aromatic heterocycles. The summed E-state index contributed by atoms with van der Waals surface area (Å²) in [5.41, 5.74) is 0.450. The zero-order valence-corrected chi connectivity index (χ0v) is 19.2. The van der Waals surface area contributed by atoms with Crippen molar-refractivity contribution >= 4 is 60.8 Å². The van der Waals surface area contributed by atoms with Crippen molar-refractivity contribution in [1.82, 2.24) is 0 Å². The maximum absolute atomic E-state index is 13.0. The van der Waals surface area contributed by atoms with Crippen molar-refractivity contribution in [2.45, 2.75) is 4.90 Å². The molecule has 3 aromatic rings. The zero-order valence-electron chi connectivity index (χ0n) is 16.0. The molecule has 0 heterocycles. The second-order valence-electron chi connectivity index (χ2n) is 6.43. The summed E-state index contributed by atoms with van der Waals surface area (Å²) >= 11 is 9.05. The molecule has 160 valence electrons. The molecule has 0 atom stereocenters. The Morgan fingerprint density at radius 3 is 2.35 bits per heavy atom. The second kappa shape index (κ2) is 9.09. The largest absolute Gasteiger partial charge is 0.478 e. The van der Waals surface area contributed by atoms with Gasteiger partial charge in [-0.25, -0.2) is 13.2 Å². The van der Waals surface area contributed by atoms with Gasteiger partial charge in [0, 0.05) is 22.1 Å². The summed E-state index contributed by atoms with van der Waals surface area (Å²) in [6, 6.07) is 16.2. The number of hydrogen-bond acceptors (Lipinski definition) is 4. The highest BCUT2D eigenvalue weighted by Gasteiger charge is 2.23. The van der Waals surface area contributed by atoms with Gasteiger partial charge in [-0.15, -0.1) is 0 Å². The number of halogens is 2. The first-order valence-electron chi connectivity index (χ1n) is 8.78. The van der Waals surface area contributed by atoms with E-state index in [1.807, 2.05) is 0 Å². The number of carbonyl (C=O) groups is 2. The zero-order chi connectivity index (χ0) is 22.8. The molecule has 1 amide bonds. The third kappa shape index (κ3) is 5.07. The molecule has 0 aliphatic rings. The molecule has 0 bridgehead atoms. The topological polar surface area (TPSA) is 104 Å². The number of sulfonamides is 1. The Labute approximate surface area is 192 Å². The number of amides is 1. The van der Waals surface area contributed by atoms with E-state index in [1.54, 1.807) is 30.3 Å². The Bertz CT molecular complexity index is 1260. The number of nitrogens with one attached hydrogen (secondary N) is 1. The van der Waals surface area contributed by atoms with Gasteiger partial charge < -0.3 is 10.4 Å². The van der Waals surface area contributed by atoms with E-state index in [-0.39, 0.29) is 21.7 Å². The maximum Gasteiger partial charge on any atom is 0.337 e. The predicted octanol–water partition coefficient (Wildman–Crippen LogP) is 4.88. The average molecular weight is 524 g/mol. The molecule has 0 unspecified atom stereocenters. The van der Waals surface area contributed by atoms with Crippen molar-refractivity contribution in [3.8, 4) is 0 Å². The number of rotatable bonds is 6. The first-order chi connectivity index (χ1) is 14.6. The summed E-state index contributed by atoms with van der Waals surface area (Å²) in [5.74, 6) is -1.85. The number of nitrogens with zero attached hydrogens (tertiary/aromatic N) is 1. The summed E-state index contributed by atoms with van der Waals surface area (Å²) < 4.78 is 27.6. The Kier molecular flexibility index (Phi) is 6.68. The minimum Gasteiger partial charge on any atom is -0.478 e. The van der Waals surface area contributed by atoms with Crippen molar-refractivity contribution in [3.05, 3.63) is 87.4 Å². The highest BCUT2D eigenvalue weighted by molar-refractivity contribution is 9.10. The Hall–Kier alpha value is -2.88. The molecular formula is C21H16BrClN2O5S. The van der Waals surface area contributed by atoms with Crippen LogP contribution in [0.5, 0.6) is 0 Å². The standard InChI is InChI=1S/C21H16BrClN2O5S/c1-25(16-8-6-15(23)7-9-16)31(29,30)17-4-2-3-13(11-17)20(26)24-19-10-5-14(22)12-18(19)21(27)28/h2-12H,1H3,(H,24,26)(H,27,28). The first-order valence-corrected chi connectivity index (χ1v) is 11.4. The number of hydrogen-bond donors (Lipinski definition) is 2. The van der Waals surface area contributed by atoms with Gasteiger partial charge in [0.2, 0.25) is 0 Å². The van der Waals surface area contributed by atoms with Crippen molar-refractivity contribution in [2.24, 2.45) is 0 Å². The van der Waals surface area contributed by atoms with E-state index in [2.05, 4.69) is 21.2 Å². The van der Waals surface area contributed by atoms with Gasteiger partial charge in [0.15, 0.2) is 0 Å². The summed E-state index contributed by atoms with van der Waals surface area (Å²) in [5, 5.41) is 12.3. The predicted molar refractivity (Wildman–Crippen MR) is 123 cm³/mol. The van der Waals surface area contributed by atoms with Gasteiger partial charge in [0.25, 0.3) is 15.9 Å². The highest BCUT2D eigenvalue weighted by Crippen LogP contribution is 2.25. The molecule has 3 aromatic carbocycles. The third-order valence-corrected chi connectivity index (χ3v) is 6.93. The quantitative estimate of drug-likeness (QED) is 0.479. The fourth-order valence-electron chi connectivity index (χ4n) is 2.74. The van der Waals surface area contributed by atoms with Gasteiger partial charge in [0.1, 0.15) is 0 Å². The normalized spacial score (nSPS) is 11.1. The maximum atomic E-state index is 13.0. The van der Waals surface area contributed by atoms with Crippen LogP contribution in [0.4, 0.5) is 11.4 Å². The van der Waals surface area contributed by atoms with Crippen LogP contribution in [-0.2, 0) is 10.0 Å². The molecule has 10 heteroatoms. The van der Waals surface area contributed by atoms with Crippen LogP contribution < -0.4 is 9.62 Å². The van der Waals surface area contributed by atoms with Crippen LogP contribution in [0.3, 0.4) is 0 Å². The van der Waals surface area contributed by atoms with Crippen molar-refractivity contribution in [2.75, 3.05) is 16.7 Å². The smallest absolute Gasteiger partial charge is 0.337 e. The lowest BCUT2D eigenvalue weighted by molar-refractivity contribution is 0.0698. The van der Waals surface area contributed by atoms with Gasteiger partial charge in [-0.2, -0.15) is 0 Å². The third-order valence-electron chi connectivity index (χ3n) is 4.41. The minimum absolute atomic E-state index is 0.0600. The fraction of sp³-hybridized carbons (Fsp3) is 0.0476. The van der Waals surface area contributed by atoms with E-state index in [0.717, 1.165) is 4.31 Å². The van der Waals surface area contributed by atoms with Crippen molar-refractivity contribution in [3.63, 3.8) is 0 Å². The SMILES string of the molecule is CN(c1ccc(Cl)cc1)S(=O)(=O)c1cccc(C(=O)Nc2ccc(Br)cc2C(=O)O)c1. The van der Waals surface area contributed by atoms with E-state index >= 15 is 0 Å². The lowest BCUT2D eigenvalue weighted by atomic mass is 10.1. The molecular weight excluding hydrogens is 508 g/mol. The number of anilines is 2. The van der Waals surface area contributed by atoms with Crippen LogP contribution in [0.15, 0.2) is 76.1 Å². The molecule has 0 saturated carbocycles. The molecule has 0 radical (unpaired) electrons. The van der Waals surface area contributed by atoms with E-state index in [4.69, 9.17) is 11.6 Å². The molecule has 0 aliphatic carbocycles. The summed E-state index contributed by atoms with van der Waals surface area (Å²) in [4.78, 5) is 24.0. The van der Waals surface area contributed by atoms with Gasteiger partial charge in [-0.1, -0.05) is 33.6 Å². The van der Waals surface area contributed by atoms with Crippen LogP contribution in [0.1, 0.15) is 20.7 Å². The van der Waals surface area contributed by atoms with Crippen LogP contribution in [-0.4, -0.2) is 32.4 Å². The number of carbonyl (C=O) groups excluding carboxylic acids is 1. The number of aromatic carboxylic acids is 1. The molecule has 31 heavy (non-hydrogen) atoms. The number of benzene rings is 3. The van der Waals surface area contributed by atoms with Gasteiger partial charge in [-0.3, -0.25) is 9.10 Å². The molecule has 0 spiro atoms. The summed E-state index contributed by atoms with van der Waals surface area (Å²) in [7, 11) is -2.56. The van der Waals surface area contributed by atoms with Crippen LogP contribution in [0.25, 0.3) is 0 Å². The molecule has 3 rings (SSSR count). The van der Waals surface area contributed by atoms with E-state index in [1.165, 1.54) is 43.4 Å². The van der Waals surface area contributed by atoms with E-state index < -0.39 is 21.9 Å². The molecule has 0 aliphatic heterocycles. The lowest BCUT2D eigenvalue weighted by Gasteiger charge is -2.20. The fourth-order valence-corrected chi connectivity index (χ4v) is 4.47. The summed E-state index contributed by atoms with van der Waals surface area (Å²) in [6.07, 6.45) is 0. The first kappa shape index (κ1) is 22.8.